The SMILES string of the molecule is CCOC(=O)/C=c1\s/c(=C\c2ccccc2F)c(=O)n1CC(=O)N1CCC(C)CC1. The number of hydrogen-bond acceptors (Lipinski definition) is 5. The number of esters is 1. The van der Waals surface area contributed by atoms with E-state index >= 15 is 0 Å². The molecule has 30 heavy (non-hydrogen) atoms. The summed E-state index contributed by atoms with van der Waals surface area (Å²) in [6.45, 7) is 5.19. The average Bonchev–Trinajstić information content (AvgIpc) is 2.99. The number of halogens is 1. The molecule has 0 unspecified atom stereocenters. The molecule has 0 radical (unpaired) electrons. The van der Waals surface area contributed by atoms with Gasteiger partial charge in [0.25, 0.3) is 5.56 Å². The van der Waals surface area contributed by atoms with Crippen molar-refractivity contribution in [3.63, 3.8) is 0 Å². The maximum Gasteiger partial charge on any atom is 0.333 e. The van der Waals surface area contributed by atoms with Crippen LogP contribution >= 0.6 is 11.3 Å². The van der Waals surface area contributed by atoms with Crippen molar-refractivity contribution >= 4 is 35.4 Å². The molecule has 0 atom stereocenters. The summed E-state index contributed by atoms with van der Waals surface area (Å²) in [5.74, 6) is -0.638. The molecule has 1 aliphatic heterocycles. The molecule has 8 heteroatoms. The Morgan fingerprint density at radius 2 is 1.97 bits per heavy atom. The first-order chi connectivity index (χ1) is 14.4. The minimum absolute atomic E-state index is 0.167. The van der Waals surface area contributed by atoms with E-state index in [1.165, 1.54) is 22.8 Å². The van der Waals surface area contributed by atoms with Crippen molar-refractivity contribution in [2.24, 2.45) is 5.92 Å². The summed E-state index contributed by atoms with van der Waals surface area (Å²) in [6, 6.07) is 6.11. The monoisotopic (exact) mass is 432 g/mol. The Kier molecular flexibility index (Phi) is 7.20. The topological polar surface area (TPSA) is 68.6 Å². The maximum atomic E-state index is 14.0. The van der Waals surface area contributed by atoms with Crippen molar-refractivity contribution in [3.8, 4) is 0 Å². The molecule has 6 nitrogen and oxygen atoms in total. The fraction of sp³-hybridized carbons (Fsp3) is 0.409. The van der Waals surface area contributed by atoms with E-state index in [2.05, 4.69) is 6.92 Å². The van der Waals surface area contributed by atoms with Crippen LogP contribution in [0.4, 0.5) is 4.39 Å². The van der Waals surface area contributed by atoms with Gasteiger partial charge in [-0.25, -0.2) is 9.18 Å². The number of ether oxygens (including phenoxy) is 1. The summed E-state index contributed by atoms with van der Waals surface area (Å²) in [4.78, 5) is 39.5. The summed E-state index contributed by atoms with van der Waals surface area (Å²) in [5, 5.41) is 0. The van der Waals surface area contributed by atoms with Crippen LogP contribution in [-0.2, 0) is 20.9 Å². The van der Waals surface area contributed by atoms with Crippen molar-refractivity contribution in [3.05, 3.63) is 55.2 Å². The minimum Gasteiger partial charge on any atom is -0.463 e. The Morgan fingerprint density at radius 1 is 1.27 bits per heavy atom. The smallest absolute Gasteiger partial charge is 0.333 e. The Morgan fingerprint density at radius 3 is 2.63 bits per heavy atom. The molecule has 1 amide bonds. The zero-order valence-electron chi connectivity index (χ0n) is 17.1. The molecular formula is C22H25FN2O4S. The van der Waals surface area contributed by atoms with Crippen LogP contribution in [0.2, 0.25) is 0 Å². The van der Waals surface area contributed by atoms with Crippen LogP contribution < -0.4 is 14.8 Å². The van der Waals surface area contributed by atoms with Crippen LogP contribution in [-0.4, -0.2) is 41.0 Å². The number of nitrogens with zero attached hydrogens (tertiary/aromatic N) is 2. The Labute approximate surface area is 177 Å². The second-order valence-corrected chi connectivity index (χ2v) is 8.38. The van der Waals surface area contributed by atoms with Gasteiger partial charge in [-0.1, -0.05) is 25.1 Å². The lowest BCUT2D eigenvalue weighted by Gasteiger charge is -2.30. The van der Waals surface area contributed by atoms with Crippen LogP contribution in [0.25, 0.3) is 12.2 Å². The van der Waals surface area contributed by atoms with Crippen LogP contribution in [0.5, 0.6) is 0 Å². The molecule has 1 aromatic heterocycles. The van der Waals surface area contributed by atoms with E-state index in [1.54, 1.807) is 30.0 Å². The molecule has 0 saturated carbocycles. The third-order valence-corrected chi connectivity index (χ3v) is 6.15. The quantitative estimate of drug-likeness (QED) is 0.672. The lowest BCUT2D eigenvalue weighted by atomic mass is 9.99. The second-order valence-electron chi connectivity index (χ2n) is 7.32. The first kappa shape index (κ1) is 22.0. The van der Waals surface area contributed by atoms with E-state index in [-0.39, 0.29) is 29.2 Å². The number of amides is 1. The Hall–Kier alpha value is -2.74. The first-order valence-corrected chi connectivity index (χ1v) is 10.8. The number of carbonyl (C=O) groups excluding carboxylic acids is 2. The molecule has 0 bridgehead atoms. The highest BCUT2D eigenvalue weighted by Crippen LogP contribution is 2.16. The van der Waals surface area contributed by atoms with Crippen molar-refractivity contribution in [2.75, 3.05) is 19.7 Å². The Bertz CT molecular complexity index is 1100. The van der Waals surface area contributed by atoms with Gasteiger partial charge in [-0.05, 0) is 37.8 Å². The van der Waals surface area contributed by atoms with Gasteiger partial charge < -0.3 is 9.64 Å². The third-order valence-electron chi connectivity index (χ3n) is 5.09. The van der Waals surface area contributed by atoms with Gasteiger partial charge in [0.1, 0.15) is 17.0 Å². The van der Waals surface area contributed by atoms with E-state index in [0.29, 0.717) is 23.7 Å². The number of aromatic nitrogens is 1. The third kappa shape index (κ3) is 5.24. The number of thiazole rings is 1. The summed E-state index contributed by atoms with van der Waals surface area (Å²) in [5.41, 5.74) is -0.167. The predicted octanol–water partition coefficient (Wildman–Crippen LogP) is 1.48. The molecular weight excluding hydrogens is 407 g/mol. The summed E-state index contributed by atoms with van der Waals surface area (Å²) in [7, 11) is 0. The van der Waals surface area contributed by atoms with Crippen molar-refractivity contribution in [2.45, 2.75) is 33.2 Å². The fourth-order valence-corrected chi connectivity index (χ4v) is 4.33. The second kappa shape index (κ2) is 9.84. The van der Waals surface area contributed by atoms with Crippen LogP contribution in [0.1, 0.15) is 32.3 Å². The van der Waals surface area contributed by atoms with Gasteiger partial charge in [-0.15, -0.1) is 11.3 Å². The van der Waals surface area contributed by atoms with Crippen molar-refractivity contribution in [1.29, 1.82) is 0 Å². The van der Waals surface area contributed by atoms with Gasteiger partial charge in [0.15, 0.2) is 0 Å². The number of benzene rings is 1. The van der Waals surface area contributed by atoms with E-state index < -0.39 is 17.3 Å². The van der Waals surface area contributed by atoms with Crippen molar-refractivity contribution in [1.82, 2.24) is 9.47 Å². The largest absolute Gasteiger partial charge is 0.463 e. The van der Waals surface area contributed by atoms with Gasteiger partial charge in [0.2, 0.25) is 5.91 Å². The standard InChI is InChI=1S/C22H25FN2O4S/c1-3-29-21(27)13-20-25(14-19(26)24-10-8-15(2)9-11-24)22(28)18(30-20)12-16-6-4-5-7-17(16)23/h4-7,12-13,15H,3,8-11,14H2,1-2H3/b18-12-,20-13-. The highest BCUT2D eigenvalue weighted by Gasteiger charge is 2.21. The number of carbonyl (C=O) groups is 2. The van der Waals surface area contributed by atoms with Crippen LogP contribution in [0, 0.1) is 11.7 Å². The molecule has 1 aliphatic rings. The van der Waals surface area contributed by atoms with E-state index in [9.17, 15) is 18.8 Å². The van der Waals surface area contributed by atoms with E-state index in [1.807, 2.05) is 0 Å². The molecule has 0 aliphatic carbocycles. The Balaban J connectivity index is 2.01. The molecule has 3 rings (SSSR count). The molecule has 0 N–H and O–H groups in total. The van der Waals surface area contributed by atoms with Gasteiger partial charge in [0, 0.05) is 18.7 Å². The van der Waals surface area contributed by atoms with Gasteiger partial charge in [-0.2, -0.15) is 0 Å². The van der Waals surface area contributed by atoms with E-state index in [4.69, 9.17) is 4.74 Å². The van der Waals surface area contributed by atoms with Gasteiger partial charge in [-0.3, -0.25) is 14.2 Å². The molecule has 1 aromatic carbocycles. The molecule has 1 saturated heterocycles. The molecule has 2 aromatic rings. The zero-order chi connectivity index (χ0) is 21.7. The summed E-state index contributed by atoms with van der Waals surface area (Å²) in [6.07, 6.45) is 4.50. The average molecular weight is 433 g/mol. The normalized spacial score (nSPS) is 16.2. The highest BCUT2D eigenvalue weighted by atomic mass is 32.1. The predicted molar refractivity (Wildman–Crippen MR) is 114 cm³/mol. The molecule has 160 valence electrons. The van der Waals surface area contributed by atoms with Gasteiger partial charge in [0.05, 0.1) is 17.2 Å². The number of hydrogen-bond donors (Lipinski definition) is 0. The summed E-state index contributed by atoms with van der Waals surface area (Å²) >= 11 is 1.03. The van der Waals surface area contributed by atoms with E-state index in [0.717, 1.165) is 24.2 Å². The number of rotatable bonds is 5. The fourth-order valence-electron chi connectivity index (χ4n) is 3.30. The number of likely N-dealkylation sites (tertiary alicyclic amines) is 1. The molecule has 0 spiro atoms. The first-order valence-electron chi connectivity index (χ1n) is 10.0. The molecule has 2 heterocycles. The minimum atomic E-state index is -0.593. The summed E-state index contributed by atoms with van der Waals surface area (Å²) < 4.78 is 20.8. The highest BCUT2D eigenvalue weighted by molar-refractivity contribution is 7.07. The van der Waals surface area contributed by atoms with Crippen molar-refractivity contribution < 1.29 is 18.7 Å². The lowest BCUT2D eigenvalue weighted by molar-refractivity contribution is -0.136. The zero-order valence-corrected chi connectivity index (χ0v) is 17.9. The maximum absolute atomic E-state index is 14.0. The van der Waals surface area contributed by atoms with Crippen LogP contribution in [0.3, 0.4) is 0 Å². The number of piperidine rings is 1. The van der Waals surface area contributed by atoms with Gasteiger partial charge >= 0.3 is 5.97 Å². The lowest BCUT2D eigenvalue weighted by Crippen LogP contribution is -2.43. The molecule has 1 fully saturated rings. The van der Waals surface area contributed by atoms with Crippen LogP contribution in [0.15, 0.2) is 29.1 Å².